The number of carbonyl (C=O) groups excluding carboxylic acids is 2. The second kappa shape index (κ2) is 9.95. The molecule has 0 radical (unpaired) electrons. The van der Waals surface area contributed by atoms with Crippen molar-refractivity contribution < 1.29 is 9.59 Å². The number of nitrogens with zero attached hydrogens (tertiary/aromatic N) is 4. The van der Waals surface area contributed by atoms with Gasteiger partial charge in [0.25, 0.3) is 11.1 Å². The number of hydrogen-bond acceptors (Lipinski definition) is 7. The molecule has 0 spiro atoms. The predicted octanol–water partition coefficient (Wildman–Crippen LogP) is 4.54. The van der Waals surface area contributed by atoms with Crippen LogP contribution in [0.4, 0.5) is 10.5 Å². The summed E-state index contributed by atoms with van der Waals surface area (Å²) in [4.78, 5) is 37.7. The number of amides is 2. The first-order valence-corrected chi connectivity index (χ1v) is 12.5. The van der Waals surface area contributed by atoms with E-state index in [1.165, 1.54) is 25.1 Å². The van der Waals surface area contributed by atoms with Gasteiger partial charge in [-0.1, -0.05) is 31.5 Å². The number of piperazine rings is 1. The number of imide groups is 1. The Morgan fingerprint density at radius 2 is 1.82 bits per heavy atom. The van der Waals surface area contributed by atoms with Crippen LogP contribution in [0.3, 0.4) is 0 Å². The van der Waals surface area contributed by atoms with Crippen molar-refractivity contribution in [2.75, 3.05) is 37.6 Å². The van der Waals surface area contributed by atoms with E-state index < -0.39 is 0 Å². The Morgan fingerprint density at radius 1 is 1.03 bits per heavy atom. The average molecular weight is 474 g/mol. The molecule has 0 unspecified atom stereocenters. The Bertz CT molecular complexity index is 1250. The van der Waals surface area contributed by atoms with E-state index in [2.05, 4.69) is 56.3 Å². The smallest absolute Gasteiger partial charge is 0.290 e. The van der Waals surface area contributed by atoms with E-state index in [1.807, 2.05) is 18.2 Å². The Kier molecular flexibility index (Phi) is 6.60. The number of fused-ring (bicyclic) bond motifs is 1. The Balaban J connectivity index is 1.37. The van der Waals surface area contributed by atoms with E-state index in [1.54, 1.807) is 12.4 Å². The van der Waals surface area contributed by atoms with Gasteiger partial charge in [-0.15, -0.1) is 0 Å². The lowest BCUT2D eigenvalue weighted by Crippen LogP contribution is -2.46. The van der Waals surface area contributed by atoms with Crippen molar-refractivity contribution in [2.45, 2.75) is 19.8 Å². The Hall–Kier alpha value is -3.23. The fourth-order valence-electron chi connectivity index (χ4n) is 4.41. The highest BCUT2D eigenvalue weighted by Crippen LogP contribution is 2.30. The van der Waals surface area contributed by atoms with Crippen LogP contribution < -0.4 is 10.2 Å². The van der Waals surface area contributed by atoms with E-state index in [0.717, 1.165) is 65.7 Å². The lowest BCUT2D eigenvalue weighted by atomic mass is 10.0. The lowest BCUT2D eigenvalue weighted by molar-refractivity contribution is -0.115. The van der Waals surface area contributed by atoms with Crippen LogP contribution in [0.1, 0.15) is 25.3 Å². The second-order valence-corrected chi connectivity index (χ2v) is 9.59. The molecule has 3 heterocycles. The van der Waals surface area contributed by atoms with Crippen LogP contribution in [0, 0.1) is 0 Å². The van der Waals surface area contributed by atoms with E-state index in [9.17, 15) is 9.59 Å². The monoisotopic (exact) mass is 473 g/mol. The standard InChI is InChI=1S/C26H27N5O2S/c1-2-3-10-30-11-13-31(14-12-30)20-7-5-19(6-8-20)24-21-15-18(4-9-22(21)27-17-28-24)16-23-25(32)29-26(33)34-23/h4-9,15-17H,2-3,10-14H2,1H3,(H,29,32,33). The summed E-state index contributed by atoms with van der Waals surface area (Å²) in [5.74, 6) is -0.360. The molecule has 1 aromatic heterocycles. The fraction of sp³-hybridized carbons (Fsp3) is 0.308. The van der Waals surface area contributed by atoms with Gasteiger partial charge in [0.05, 0.1) is 16.1 Å². The van der Waals surface area contributed by atoms with Gasteiger partial charge in [0, 0.05) is 42.8 Å². The normalized spacial score (nSPS) is 18.1. The molecular weight excluding hydrogens is 446 g/mol. The molecule has 7 nitrogen and oxygen atoms in total. The summed E-state index contributed by atoms with van der Waals surface area (Å²) in [7, 11) is 0. The number of thioether (sulfide) groups is 1. The van der Waals surface area contributed by atoms with E-state index >= 15 is 0 Å². The van der Waals surface area contributed by atoms with E-state index in [-0.39, 0.29) is 11.1 Å². The van der Waals surface area contributed by atoms with E-state index in [0.29, 0.717) is 4.91 Å². The van der Waals surface area contributed by atoms with Crippen molar-refractivity contribution in [1.29, 1.82) is 0 Å². The molecule has 0 aliphatic carbocycles. The first kappa shape index (κ1) is 22.6. The van der Waals surface area contributed by atoms with Crippen molar-refractivity contribution in [1.82, 2.24) is 20.2 Å². The van der Waals surface area contributed by atoms with Crippen LogP contribution in [0.2, 0.25) is 0 Å². The Morgan fingerprint density at radius 3 is 2.53 bits per heavy atom. The van der Waals surface area contributed by atoms with Crippen LogP contribution in [-0.2, 0) is 4.79 Å². The predicted molar refractivity (Wildman–Crippen MR) is 138 cm³/mol. The molecule has 2 fully saturated rings. The van der Waals surface area contributed by atoms with Crippen molar-refractivity contribution in [3.63, 3.8) is 0 Å². The number of unbranched alkanes of at least 4 members (excludes halogenated alkanes) is 1. The topological polar surface area (TPSA) is 78.4 Å². The number of carbonyl (C=O) groups is 2. The molecule has 0 bridgehead atoms. The van der Waals surface area contributed by atoms with Gasteiger partial charge in [-0.05, 0) is 60.6 Å². The van der Waals surface area contributed by atoms with Crippen molar-refractivity contribution in [2.24, 2.45) is 0 Å². The summed E-state index contributed by atoms with van der Waals surface area (Å²) in [6.07, 6.45) is 5.82. The maximum Gasteiger partial charge on any atom is 0.290 e. The number of hydrogen-bond donors (Lipinski definition) is 1. The van der Waals surface area contributed by atoms with E-state index in [4.69, 9.17) is 0 Å². The zero-order chi connectivity index (χ0) is 23.5. The minimum Gasteiger partial charge on any atom is -0.369 e. The van der Waals surface area contributed by atoms with Gasteiger partial charge >= 0.3 is 0 Å². The summed E-state index contributed by atoms with van der Waals surface area (Å²) in [6.45, 7) is 7.75. The van der Waals surface area contributed by atoms with Crippen LogP contribution in [-0.4, -0.2) is 58.7 Å². The largest absolute Gasteiger partial charge is 0.369 e. The van der Waals surface area contributed by atoms with Gasteiger partial charge in [0.15, 0.2) is 0 Å². The molecule has 2 saturated heterocycles. The average Bonchev–Trinajstić information content (AvgIpc) is 3.19. The Labute approximate surface area is 203 Å². The molecule has 1 N–H and O–H groups in total. The van der Waals surface area contributed by atoms with Crippen molar-refractivity contribution >= 4 is 45.6 Å². The first-order chi connectivity index (χ1) is 16.6. The van der Waals surface area contributed by atoms with Crippen molar-refractivity contribution in [3.8, 4) is 11.3 Å². The SMILES string of the molecule is CCCCN1CCN(c2ccc(-c3ncnc4ccc(C=C5SC(=O)NC5=O)cc34)cc2)CC1. The number of anilines is 1. The minimum atomic E-state index is -0.360. The molecule has 174 valence electrons. The summed E-state index contributed by atoms with van der Waals surface area (Å²) >= 11 is 0.916. The molecule has 2 amide bonds. The van der Waals surface area contributed by atoms with Crippen LogP contribution in [0.25, 0.3) is 28.2 Å². The van der Waals surface area contributed by atoms with Gasteiger partial charge in [-0.3, -0.25) is 19.8 Å². The third-order valence-corrected chi connectivity index (χ3v) is 7.12. The minimum absolute atomic E-state index is 0.344. The van der Waals surface area contributed by atoms with Gasteiger partial charge in [-0.2, -0.15) is 0 Å². The maximum absolute atomic E-state index is 11.9. The molecule has 2 aromatic carbocycles. The molecule has 5 rings (SSSR count). The van der Waals surface area contributed by atoms with Gasteiger partial charge in [0.1, 0.15) is 6.33 Å². The zero-order valence-corrected chi connectivity index (χ0v) is 20.0. The molecule has 3 aromatic rings. The zero-order valence-electron chi connectivity index (χ0n) is 19.2. The lowest BCUT2D eigenvalue weighted by Gasteiger charge is -2.36. The highest BCUT2D eigenvalue weighted by atomic mass is 32.2. The molecule has 34 heavy (non-hydrogen) atoms. The molecule has 0 saturated carbocycles. The van der Waals surface area contributed by atoms with Crippen molar-refractivity contribution in [3.05, 3.63) is 59.3 Å². The van der Waals surface area contributed by atoms with Crippen LogP contribution in [0.5, 0.6) is 0 Å². The summed E-state index contributed by atoms with van der Waals surface area (Å²) in [5.41, 5.74) is 4.76. The summed E-state index contributed by atoms with van der Waals surface area (Å²) < 4.78 is 0. The molecular formula is C26H27N5O2S. The molecule has 8 heteroatoms. The summed E-state index contributed by atoms with van der Waals surface area (Å²) in [5, 5.41) is 2.85. The third-order valence-electron chi connectivity index (χ3n) is 6.31. The van der Waals surface area contributed by atoms with Gasteiger partial charge < -0.3 is 4.90 Å². The van der Waals surface area contributed by atoms with Crippen LogP contribution >= 0.6 is 11.8 Å². The number of rotatable bonds is 6. The molecule has 0 atom stereocenters. The molecule has 2 aliphatic heterocycles. The van der Waals surface area contributed by atoms with Gasteiger partial charge in [0.2, 0.25) is 0 Å². The highest BCUT2D eigenvalue weighted by molar-refractivity contribution is 8.18. The highest BCUT2D eigenvalue weighted by Gasteiger charge is 2.25. The quantitative estimate of drug-likeness (QED) is 0.527. The molecule has 2 aliphatic rings. The summed E-state index contributed by atoms with van der Waals surface area (Å²) in [6, 6.07) is 14.3. The first-order valence-electron chi connectivity index (χ1n) is 11.7. The fourth-order valence-corrected chi connectivity index (χ4v) is 5.09. The number of nitrogens with one attached hydrogen (secondary N) is 1. The number of aromatic nitrogens is 2. The third kappa shape index (κ3) is 4.83. The number of benzene rings is 2. The maximum atomic E-state index is 11.9. The second-order valence-electron chi connectivity index (χ2n) is 8.58. The van der Waals surface area contributed by atoms with Crippen LogP contribution in [0.15, 0.2) is 53.7 Å². The van der Waals surface area contributed by atoms with Gasteiger partial charge in [-0.25, -0.2) is 9.97 Å².